The van der Waals surface area contributed by atoms with E-state index >= 15 is 0 Å². The molecular weight excluding hydrogens is 362 g/mol. The Hall–Kier alpha value is -2.69. The van der Waals surface area contributed by atoms with Crippen molar-refractivity contribution in [2.24, 2.45) is 11.8 Å². The molecule has 0 unspecified atom stereocenters. The molecule has 0 radical (unpaired) electrons. The molecule has 2 fully saturated rings. The average molecular weight is 392 g/mol. The monoisotopic (exact) mass is 391 g/mol. The largest absolute Gasteiger partial charge is 0.497 e. The number of carbonyl (C=O) groups is 1. The second kappa shape index (κ2) is 7.62. The first-order valence-corrected chi connectivity index (χ1v) is 10.7. The van der Waals surface area contributed by atoms with E-state index in [1.54, 1.807) is 7.11 Å². The Morgan fingerprint density at radius 2 is 1.90 bits per heavy atom. The quantitative estimate of drug-likeness (QED) is 0.851. The van der Waals surface area contributed by atoms with Crippen LogP contribution in [0.1, 0.15) is 18.4 Å². The van der Waals surface area contributed by atoms with E-state index in [4.69, 9.17) is 4.74 Å². The second-order valence-electron chi connectivity index (χ2n) is 8.53. The van der Waals surface area contributed by atoms with Crippen LogP contribution in [-0.2, 0) is 11.2 Å². The van der Waals surface area contributed by atoms with Gasteiger partial charge in [0.05, 0.1) is 19.1 Å². The number of amides is 1. The summed E-state index contributed by atoms with van der Waals surface area (Å²) in [5, 5.41) is 3.25. The van der Waals surface area contributed by atoms with Crippen molar-refractivity contribution in [1.29, 1.82) is 0 Å². The van der Waals surface area contributed by atoms with E-state index in [1.807, 2.05) is 12.1 Å². The third kappa shape index (κ3) is 3.66. The van der Waals surface area contributed by atoms with Gasteiger partial charge in [0, 0.05) is 37.6 Å². The first-order chi connectivity index (χ1) is 14.2. The van der Waals surface area contributed by atoms with Crippen molar-refractivity contribution in [2.45, 2.75) is 25.3 Å². The van der Waals surface area contributed by atoms with Crippen LogP contribution in [0.3, 0.4) is 0 Å². The van der Waals surface area contributed by atoms with Gasteiger partial charge >= 0.3 is 0 Å². The Morgan fingerprint density at radius 1 is 1.10 bits per heavy atom. The van der Waals surface area contributed by atoms with E-state index in [-0.39, 0.29) is 17.9 Å². The van der Waals surface area contributed by atoms with Crippen molar-refractivity contribution in [3.05, 3.63) is 54.1 Å². The van der Waals surface area contributed by atoms with Gasteiger partial charge in [-0.3, -0.25) is 4.79 Å². The molecule has 2 heterocycles. The van der Waals surface area contributed by atoms with Gasteiger partial charge < -0.3 is 19.9 Å². The number of hydrogen-bond donors (Lipinski definition) is 1. The number of carbonyl (C=O) groups excluding carboxylic acids is 1. The number of ether oxygens (including phenoxy) is 1. The molecule has 29 heavy (non-hydrogen) atoms. The van der Waals surface area contributed by atoms with Gasteiger partial charge in [-0.25, -0.2) is 0 Å². The number of hydrogen-bond acceptors (Lipinski definition) is 4. The molecule has 1 saturated heterocycles. The second-order valence-corrected chi connectivity index (χ2v) is 8.53. The molecule has 5 heteroatoms. The van der Waals surface area contributed by atoms with E-state index in [2.05, 4.69) is 51.5 Å². The fourth-order valence-electron chi connectivity index (χ4n) is 4.78. The highest BCUT2D eigenvalue weighted by atomic mass is 16.5. The van der Waals surface area contributed by atoms with Gasteiger partial charge in [0.15, 0.2) is 0 Å². The van der Waals surface area contributed by atoms with Crippen molar-refractivity contribution >= 4 is 17.3 Å². The summed E-state index contributed by atoms with van der Waals surface area (Å²) in [5.41, 5.74) is 3.80. The van der Waals surface area contributed by atoms with E-state index in [1.165, 1.54) is 29.8 Å². The molecule has 1 amide bonds. The lowest BCUT2D eigenvalue weighted by molar-refractivity contribution is -0.125. The van der Waals surface area contributed by atoms with Gasteiger partial charge in [-0.05, 0) is 61.1 Å². The Balaban J connectivity index is 1.39. The molecule has 1 aliphatic carbocycles. The van der Waals surface area contributed by atoms with Crippen LogP contribution in [0.2, 0.25) is 0 Å². The minimum atomic E-state index is -0.00954. The molecule has 2 aromatic rings. The third-order valence-electron chi connectivity index (χ3n) is 6.66. The molecule has 152 valence electrons. The summed E-state index contributed by atoms with van der Waals surface area (Å²) >= 11 is 0. The number of piperazine rings is 1. The molecule has 0 bridgehead atoms. The Labute approximate surface area is 172 Å². The first kappa shape index (κ1) is 18.3. The summed E-state index contributed by atoms with van der Waals surface area (Å²) in [5.74, 6) is 1.78. The summed E-state index contributed by atoms with van der Waals surface area (Å²) < 4.78 is 5.30. The number of nitrogens with one attached hydrogen (secondary N) is 1. The summed E-state index contributed by atoms with van der Waals surface area (Å²) in [6.07, 6.45) is 3.34. The average Bonchev–Trinajstić information content (AvgIpc) is 3.61. The van der Waals surface area contributed by atoms with E-state index < -0.39 is 0 Å². The van der Waals surface area contributed by atoms with Crippen LogP contribution >= 0.6 is 0 Å². The first-order valence-electron chi connectivity index (χ1n) is 10.7. The fraction of sp³-hybridized carbons (Fsp3) is 0.458. The van der Waals surface area contributed by atoms with Crippen LogP contribution in [0.5, 0.6) is 5.75 Å². The van der Waals surface area contributed by atoms with Crippen molar-refractivity contribution < 1.29 is 9.53 Å². The topological polar surface area (TPSA) is 44.8 Å². The number of nitrogens with zero attached hydrogens (tertiary/aromatic N) is 2. The number of benzene rings is 2. The van der Waals surface area contributed by atoms with Crippen LogP contribution < -0.4 is 19.9 Å². The highest BCUT2D eigenvalue weighted by Gasteiger charge is 2.41. The predicted octanol–water partition coefficient (Wildman–Crippen LogP) is 3.09. The maximum atomic E-state index is 13.1. The van der Waals surface area contributed by atoms with Crippen LogP contribution in [0.25, 0.3) is 0 Å². The minimum absolute atomic E-state index is 0.00954. The molecule has 0 spiro atoms. The van der Waals surface area contributed by atoms with E-state index in [9.17, 15) is 4.79 Å². The summed E-state index contributed by atoms with van der Waals surface area (Å²) in [7, 11) is 1.69. The number of fused-ring (bicyclic) bond motifs is 3. The maximum absolute atomic E-state index is 13.1. The lowest BCUT2D eigenvalue weighted by atomic mass is 9.83. The molecule has 5 rings (SSSR count). The van der Waals surface area contributed by atoms with Crippen molar-refractivity contribution in [2.75, 3.05) is 43.1 Å². The van der Waals surface area contributed by atoms with Crippen molar-refractivity contribution in [1.82, 2.24) is 5.32 Å². The zero-order valence-electron chi connectivity index (χ0n) is 17.0. The van der Waals surface area contributed by atoms with Crippen LogP contribution in [-0.4, -0.2) is 45.2 Å². The molecule has 0 aromatic heterocycles. The van der Waals surface area contributed by atoms with Gasteiger partial charge in [0.1, 0.15) is 5.75 Å². The zero-order chi connectivity index (χ0) is 19.8. The Kier molecular flexibility index (Phi) is 4.82. The molecule has 5 nitrogen and oxygen atoms in total. The van der Waals surface area contributed by atoms with Crippen molar-refractivity contribution in [3.8, 4) is 5.75 Å². The normalized spacial score (nSPS) is 23.2. The lowest BCUT2D eigenvalue weighted by Gasteiger charge is -2.49. The highest BCUT2D eigenvalue weighted by Crippen LogP contribution is 2.37. The predicted molar refractivity (Wildman–Crippen MR) is 116 cm³/mol. The molecule has 1 saturated carbocycles. The van der Waals surface area contributed by atoms with Crippen LogP contribution in [0, 0.1) is 11.8 Å². The molecule has 2 aromatic carbocycles. The molecular formula is C24H29N3O2. The van der Waals surface area contributed by atoms with Gasteiger partial charge in [0.25, 0.3) is 0 Å². The van der Waals surface area contributed by atoms with Crippen LogP contribution in [0.15, 0.2) is 48.5 Å². The SMILES string of the molecule is COc1ccc(N2CCN3c4ccccc4C[C@@H](C(=O)NCC4CC4)[C@H]3C2)cc1. The molecule has 2 atom stereocenters. The number of rotatable bonds is 5. The number of para-hydroxylation sites is 1. The number of methoxy groups -OCH3 is 1. The van der Waals surface area contributed by atoms with E-state index in [0.717, 1.165) is 38.3 Å². The summed E-state index contributed by atoms with van der Waals surface area (Å²) in [6.45, 7) is 3.59. The van der Waals surface area contributed by atoms with E-state index in [0.29, 0.717) is 5.92 Å². The fourth-order valence-corrected chi connectivity index (χ4v) is 4.78. The molecule has 2 aliphatic heterocycles. The Morgan fingerprint density at radius 3 is 2.66 bits per heavy atom. The maximum Gasteiger partial charge on any atom is 0.225 e. The smallest absolute Gasteiger partial charge is 0.225 e. The van der Waals surface area contributed by atoms with Gasteiger partial charge in [-0.2, -0.15) is 0 Å². The lowest BCUT2D eigenvalue weighted by Crippen LogP contribution is -2.61. The van der Waals surface area contributed by atoms with Crippen molar-refractivity contribution in [3.63, 3.8) is 0 Å². The standard InChI is InChI=1S/C24H29N3O2/c1-29-20-10-8-19(9-11-20)26-12-13-27-22-5-3-2-4-18(22)14-21(23(27)16-26)24(28)25-15-17-6-7-17/h2-5,8-11,17,21,23H,6-7,12-16H2,1H3,(H,25,28)/t21-,23-/m1/s1. The summed E-state index contributed by atoms with van der Waals surface area (Å²) in [4.78, 5) is 18.0. The van der Waals surface area contributed by atoms with Gasteiger partial charge in [-0.1, -0.05) is 18.2 Å². The Bertz CT molecular complexity index is 878. The minimum Gasteiger partial charge on any atom is -0.497 e. The number of anilines is 2. The highest BCUT2D eigenvalue weighted by molar-refractivity contribution is 5.82. The van der Waals surface area contributed by atoms with Crippen LogP contribution in [0.4, 0.5) is 11.4 Å². The zero-order valence-corrected chi connectivity index (χ0v) is 17.0. The molecule has 3 aliphatic rings. The third-order valence-corrected chi connectivity index (χ3v) is 6.66. The van der Waals surface area contributed by atoms with Gasteiger partial charge in [0.2, 0.25) is 5.91 Å². The molecule has 1 N–H and O–H groups in total. The summed E-state index contributed by atoms with van der Waals surface area (Å²) in [6, 6.07) is 17.0. The van der Waals surface area contributed by atoms with Gasteiger partial charge in [-0.15, -0.1) is 0 Å².